The number of rotatable bonds is 51. The molecule has 0 aliphatic heterocycles. The number of nitrogens with zero attached hydrogens (tertiary/aromatic N) is 1. The molecule has 2 N–H and O–H groups in total. The first-order valence-corrected chi connectivity index (χ1v) is 30.0. The van der Waals surface area contributed by atoms with E-state index in [-0.39, 0.29) is 31.5 Å². The summed E-state index contributed by atoms with van der Waals surface area (Å²) in [5.74, 6) is -0.516. The molecule has 0 spiro atoms. The monoisotopic (exact) mass is 978 g/mol. The number of hydrogen-bond acceptors (Lipinski definition) is 6. The van der Waals surface area contributed by atoms with Gasteiger partial charge in [-0.1, -0.05) is 211 Å². The molecule has 0 aromatic heterocycles. The van der Waals surface area contributed by atoms with E-state index in [1.807, 2.05) is 33.3 Å². The Hall–Kier alpha value is -2.03. The molecule has 0 heterocycles. The van der Waals surface area contributed by atoms with E-state index in [0.717, 1.165) is 96.3 Å². The van der Waals surface area contributed by atoms with E-state index in [2.05, 4.69) is 62.5 Å². The molecule has 0 aliphatic carbocycles. The zero-order valence-corrected chi connectivity index (χ0v) is 46.2. The maximum Gasteiger partial charge on any atom is 0.472 e. The Morgan fingerprint density at radius 2 is 0.941 bits per heavy atom. The predicted molar refractivity (Wildman–Crippen MR) is 291 cm³/mol. The summed E-state index contributed by atoms with van der Waals surface area (Å²) in [5.41, 5.74) is 0. The number of ether oxygens (including phenoxy) is 1. The first-order valence-electron chi connectivity index (χ1n) is 28.5. The average Bonchev–Trinajstić information content (AvgIpc) is 3.29. The fraction of sp³-hybridized carbons (Fsp3) is 0.828. The van der Waals surface area contributed by atoms with Crippen molar-refractivity contribution in [3.05, 3.63) is 48.6 Å². The normalized spacial score (nSPS) is 14.2. The minimum Gasteiger partial charge on any atom is -0.456 e. The lowest BCUT2D eigenvalue weighted by molar-refractivity contribution is -0.870. The van der Waals surface area contributed by atoms with Crippen molar-refractivity contribution in [2.75, 3.05) is 40.9 Å². The number of likely N-dealkylation sites (N-methyl/N-ethyl adjacent to an activating group) is 1. The molecule has 0 fully saturated rings. The molecule has 3 unspecified atom stereocenters. The molecular weight excluding hydrogens is 868 g/mol. The predicted octanol–water partition coefficient (Wildman–Crippen LogP) is 16.9. The Bertz CT molecular complexity index is 1310. The second kappa shape index (κ2) is 48.6. The van der Waals surface area contributed by atoms with Crippen molar-refractivity contribution in [2.45, 2.75) is 270 Å². The molecule has 0 aromatic carbocycles. The molecule has 0 bridgehead atoms. The van der Waals surface area contributed by atoms with Crippen molar-refractivity contribution in [2.24, 2.45) is 0 Å². The molecule has 9 nitrogen and oxygen atoms in total. The lowest BCUT2D eigenvalue weighted by Gasteiger charge is -2.27. The van der Waals surface area contributed by atoms with Crippen LogP contribution in [0.5, 0.6) is 0 Å². The maximum atomic E-state index is 13.5. The SMILES string of the molecule is CC/C=C/C/C=C/CCCCCCCCCC(=O)OC(/C=C/CCCCCCCCCCCCC)C(COP(=O)(O)OCC[N+](C)(C)C)NC(=O)CCCCCCCCC/C=C\CCCCCC. The van der Waals surface area contributed by atoms with Crippen LogP contribution < -0.4 is 5.32 Å². The van der Waals surface area contributed by atoms with Gasteiger partial charge in [-0.15, -0.1) is 0 Å². The van der Waals surface area contributed by atoms with Crippen molar-refractivity contribution in [3.8, 4) is 0 Å². The fourth-order valence-corrected chi connectivity index (χ4v) is 8.83. The largest absolute Gasteiger partial charge is 0.472 e. The minimum atomic E-state index is -4.44. The second-order valence-electron chi connectivity index (χ2n) is 20.4. The van der Waals surface area contributed by atoms with Crippen LogP contribution in [0.15, 0.2) is 48.6 Å². The van der Waals surface area contributed by atoms with Crippen LogP contribution in [0.3, 0.4) is 0 Å². The fourth-order valence-electron chi connectivity index (χ4n) is 8.09. The Balaban J connectivity index is 5.39. The van der Waals surface area contributed by atoms with E-state index in [0.29, 0.717) is 17.4 Å². The van der Waals surface area contributed by atoms with Gasteiger partial charge in [-0.2, -0.15) is 0 Å². The Kier molecular flexibility index (Phi) is 47.1. The highest BCUT2D eigenvalue weighted by molar-refractivity contribution is 7.47. The second-order valence-corrected chi connectivity index (χ2v) is 21.9. The highest BCUT2D eigenvalue weighted by atomic mass is 31.2. The lowest BCUT2D eigenvalue weighted by Crippen LogP contribution is -2.47. The van der Waals surface area contributed by atoms with Crippen LogP contribution in [-0.2, 0) is 27.9 Å². The highest BCUT2D eigenvalue weighted by Crippen LogP contribution is 2.43. The molecule has 0 rings (SSSR count). The third-order valence-electron chi connectivity index (χ3n) is 12.5. The van der Waals surface area contributed by atoms with E-state index >= 15 is 0 Å². The number of allylic oxidation sites excluding steroid dienone is 7. The topological polar surface area (TPSA) is 111 Å². The number of esters is 1. The van der Waals surface area contributed by atoms with Gasteiger partial charge in [0.1, 0.15) is 19.3 Å². The summed E-state index contributed by atoms with van der Waals surface area (Å²) < 4.78 is 30.6. The van der Waals surface area contributed by atoms with Gasteiger partial charge in [0.2, 0.25) is 5.91 Å². The van der Waals surface area contributed by atoms with Crippen LogP contribution in [0, 0.1) is 0 Å². The van der Waals surface area contributed by atoms with E-state index < -0.39 is 20.0 Å². The lowest BCUT2D eigenvalue weighted by atomic mass is 10.0. The first-order chi connectivity index (χ1) is 32.9. The van der Waals surface area contributed by atoms with E-state index in [1.165, 1.54) is 128 Å². The van der Waals surface area contributed by atoms with Gasteiger partial charge in [0.25, 0.3) is 0 Å². The molecule has 398 valence electrons. The molecule has 0 aliphatic rings. The highest BCUT2D eigenvalue weighted by Gasteiger charge is 2.30. The number of phosphoric ester groups is 1. The van der Waals surface area contributed by atoms with Gasteiger partial charge in [-0.25, -0.2) is 4.57 Å². The molecule has 68 heavy (non-hydrogen) atoms. The third kappa shape index (κ3) is 49.0. The number of unbranched alkanes of at least 4 members (excludes halogenated alkanes) is 29. The van der Waals surface area contributed by atoms with Gasteiger partial charge >= 0.3 is 13.8 Å². The standard InChI is InChI=1S/C58H109N2O7P/c1-7-10-13-16-19-22-25-28-30-32-35-38-41-44-47-50-57(61)59-55(54-66-68(63,64)65-53-52-60(4,5)6)56(49-46-43-40-37-34-31-27-24-21-18-15-12-9-3)67-58(62)51-48-45-42-39-36-33-29-26-23-20-17-14-11-8-2/h11,14,20,22-23,25,46,49,55-56H,7-10,12-13,15-19,21,24,26-45,47-48,50-54H2,1-6H3,(H-,59,61,63,64)/p+1/b14-11+,23-20+,25-22-,49-46+. The molecule has 3 atom stereocenters. The number of amides is 1. The Morgan fingerprint density at radius 1 is 0.529 bits per heavy atom. The van der Waals surface area contributed by atoms with Gasteiger partial charge < -0.3 is 19.4 Å². The maximum absolute atomic E-state index is 13.5. The van der Waals surface area contributed by atoms with Gasteiger partial charge in [0.05, 0.1) is 33.8 Å². The average molecular weight is 978 g/mol. The summed E-state index contributed by atoms with van der Waals surface area (Å²) in [6, 6.07) is -0.851. The van der Waals surface area contributed by atoms with Gasteiger partial charge in [0.15, 0.2) is 0 Å². The number of phosphoric acid groups is 1. The Morgan fingerprint density at radius 3 is 1.43 bits per heavy atom. The summed E-state index contributed by atoms with van der Waals surface area (Å²) in [6.45, 7) is 6.89. The number of quaternary nitrogens is 1. The molecular formula is C58H110N2O7P+. The van der Waals surface area contributed by atoms with Crippen molar-refractivity contribution in [3.63, 3.8) is 0 Å². The van der Waals surface area contributed by atoms with Gasteiger partial charge in [-0.3, -0.25) is 18.6 Å². The Labute approximate surface area is 420 Å². The zero-order chi connectivity index (χ0) is 50.1. The van der Waals surface area contributed by atoms with Crippen molar-refractivity contribution in [1.29, 1.82) is 0 Å². The van der Waals surface area contributed by atoms with Crippen LogP contribution in [0.1, 0.15) is 258 Å². The quantitative estimate of drug-likeness (QED) is 0.0205. The van der Waals surface area contributed by atoms with Crippen molar-refractivity contribution in [1.82, 2.24) is 5.32 Å². The van der Waals surface area contributed by atoms with Crippen molar-refractivity contribution < 1.29 is 37.3 Å². The van der Waals surface area contributed by atoms with Crippen LogP contribution in [0.2, 0.25) is 0 Å². The summed E-state index contributed by atoms with van der Waals surface area (Å²) in [7, 11) is 1.49. The molecule has 1 amide bonds. The summed E-state index contributed by atoms with van der Waals surface area (Å²) >= 11 is 0. The summed E-state index contributed by atoms with van der Waals surface area (Å²) in [4.78, 5) is 37.6. The van der Waals surface area contributed by atoms with Crippen LogP contribution >= 0.6 is 7.82 Å². The van der Waals surface area contributed by atoms with E-state index in [9.17, 15) is 19.0 Å². The number of nitrogens with one attached hydrogen (secondary N) is 1. The number of hydrogen-bond donors (Lipinski definition) is 2. The summed E-state index contributed by atoms with van der Waals surface area (Å²) in [6.07, 6.45) is 58.1. The number of carbonyl (C=O) groups is 2. The van der Waals surface area contributed by atoms with Crippen molar-refractivity contribution >= 4 is 19.7 Å². The first kappa shape index (κ1) is 66.0. The van der Waals surface area contributed by atoms with E-state index in [4.69, 9.17) is 13.8 Å². The van der Waals surface area contributed by atoms with E-state index in [1.54, 1.807) is 0 Å². The molecule has 0 saturated heterocycles. The molecule has 0 aromatic rings. The van der Waals surface area contributed by atoms with Crippen LogP contribution in [0.25, 0.3) is 0 Å². The van der Waals surface area contributed by atoms with Gasteiger partial charge in [-0.05, 0) is 83.1 Å². The molecule has 10 heteroatoms. The zero-order valence-electron chi connectivity index (χ0n) is 45.3. The molecule has 0 saturated carbocycles. The smallest absolute Gasteiger partial charge is 0.456 e. The van der Waals surface area contributed by atoms with Crippen LogP contribution in [-0.4, -0.2) is 74.3 Å². The summed E-state index contributed by atoms with van der Waals surface area (Å²) in [5, 5.41) is 3.04. The number of carbonyl (C=O) groups excluding carboxylic acids is 2. The minimum absolute atomic E-state index is 0.0381. The van der Waals surface area contributed by atoms with Crippen LogP contribution in [0.4, 0.5) is 0 Å². The molecule has 0 radical (unpaired) electrons. The third-order valence-corrected chi connectivity index (χ3v) is 13.5. The van der Waals surface area contributed by atoms with Gasteiger partial charge in [0, 0.05) is 12.8 Å².